The summed E-state index contributed by atoms with van der Waals surface area (Å²) in [5.74, 6) is 2.07. The van der Waals surface area contributed by atoms with Crippen LogP contribution >= 0.6 is 0 Å². The molecule has 0 aromatic heterocycles. The van der Waals surface area contributed by atoms with E-state index in [0.29, 0.717) is 32.3 Å². The second-order valence-electron chi connectivity index (χ2n) is 7.24. The van der Waals surface area contributed by atoms with Crippen molar-refractivity contribution in [3.05, 3.63) is 18.2 Å². The van der Waals surface area contributed by atoms with Gasteiger partial charge < -0.3 is 29.7 Å². The minimum atomic E-state index is -0.506. The number of ether oxygens (including phenoxy) is 3. The molecular formula is C19H30N4O4. The predicted molar refractivity (Wildman–Crippen MR) is 106 cm³/mol. The van der Waals surface area contributed by atoms with Crippen LogP contribution in [0.4, 0.5) is 10.5 Å². The molecule has 1 aliphatic heterocycles. The van der Waals surface area contributed by atoms with Crippen molar-refractivity contribution in [2.75, 3.05) is 45.7 Å². The van der Waals surface area contributed by atoms with Crippen molar-refractivity contribution >= 4 is 17.7 Å². The third-order valence-corrected chi connectivity index (χ3v) is 3.68. The van der Waals surface area contributed by atoms with E-state index in [2.05, 4.69) is 15.6 Å². The Kier molecular flexibility index (Phi) is 7.15. The Bertz CT molecular complexity index is 670. The van der Waals surface area contributed by atoms with Crippen molar-refractivity contribution in [2.45, 2.75) is 32.8 Å². The number of hydrogen-bond donors (Lipinski definition) is 2. The molecule has 0 radical (unpaired) electrons. The van der Waals surface area contributed by atoms with Crippen LogP contribution in [0.1, 0.15) is 27.2 Å². The summed E-state index contributed by atoms with van der Waals surface area (Å²) in [7, 11) is 3.39. The first-order chi connectivity index (χ1) is 12.8. The van der Waals surface area contributed by atoms with E-state index in [4.69, 9.17) is 14.2 Å². The number of aliphatic imine (C=N–C) groups is 1. The van der Waals surface area contributed by atoms with Crippen molar-refractivity contribution < 1.29 is 19.0 Å². The molecule has 1 aliphatic rings. The normalized spacial score (nSPS) is 14.2. The maximum Gasteiger partial charge on any atom is 0.410 e. The maximum atomic E-state index is 12.0. The minimum absolute atomic E-state index is 0.352. The molecule has 0 saturated carbocycles. The third-order valence-electron chi connectivity index (χ3n) is 3.68. The highest BCUT2D eigenvalue weighted by molar-refractivity contribution is 5.93. The molecular weight excluding hydrogens is 348 g/mol. The quantitative estimate of drug-likeness (QED) is 0.619. The largest absolute Gasteiger partial charge is 0.490 e. The molecule has 150 valence electrons. The molecule has 8 heteroatoms. The number of anilines is 1. The van der Waals surface area contributed by atoms with Gasteiger partial charge in [0.25, 0.3) is 0 Å². The van der Waals surface area contributed by atoms with Crippen LogP contribution in [0, 0.1) is 0 Å². The van der Waals surface area contributed by atoms with E-state index in [1.54, 1.807) is 14.1 Å². The van der Waals surface area contributed by atoms with Gasteiger partial charge >= 0.3 is 6.09 Å². The summed E-state index contributed by atoms with van der Waals surface area (Å²) in [5, 5.41) is 6.39. The molecule has 2 rings (SSSR count). The molecule has 2 N–H and O–H groups in total. The summed E-state index contributed by atoms with van der Waals surface area (Å²) >= 11 is 0. The van der Waals surface area contributed by atoms with Crippen LogP contribution in [0.25, 0.3) is 0 Å². The lowest BCUT2D eigenvalue weighted by Gasteiger charge is -2.25. The van der Waals surface area contributed by atoms with Gasteiger partial charge in [0.05, 0.1) is 13.2 Å². The van der Waals surface area contributed by atoms with Crippen LogP contribution in [0.15, 0.2) is 23.2 Å². The van der Waals surface area contributed by atoms with Crippen LogP contribution in [0.5, 0.6) is 11.5 Å². The van der Waals surface area contributed by atoms with E-state index >= 15 is 0 Å². The monoisotopic (exact) mass is 378 g/mol. The Labute approximate surface area is 160 Å². The van der Waals surface area contributed by atoms with Crippen LogP contribution in [0.2, 0.25) is 0 Å². The number of fused-ring (bicyclic) bond motifs is 1. The number of benzene rings is 1. The third kappa shape index (κ3) is 6.88. The van der Waals surface area contributed by atoms with Crippen molar-refractivity contribution in [3.63, 3.8) is 0 Å². The fourth-order valence-corrected chi connectivity index (χ4v) is 2.33. The molecule has 1 amide bonds. The van der Waals surface area contributed by atoms with Gasteiger partial charge in [-0.25, -0.2) is 4.79 Å². The van der Waals surface area contributed by atoms with Gasteiger partial charge in [-0.1, -0.05) is 0 Å². The molecule has 1 aromatic rings. The van der Waals surface area contributed by atoms with Crippen LogP contribution in [-0.2, 0) is 4.74 Å². The highest BCUT2D eigenvalue weighted by Gasteiger charge is 2.19. The number of guanidine groups is 1. The number of carbonyl (C=O) groups excluding carboxylic acids is 1. The van der Waals surface area contributed by atoms with Gasteiger partial charge in [-0.15, -0.1) is 0 Å². The second-order valence-corrected chi connectivity index (χ2v) is 7.24. The van der Waals surface area contributed by atoms with Gasteiger partial charge in [-0.3, -0.25) is 4.99 Å². The fourth-order valence-electron chi connectivity index (χ4n) is 2.33. The molecule has 1 aromatic carbocycles. The zero-order valence-electron chi connectivity index (χ0n) is 16.8. The van der Waals surface area contributed by atoms with Crippen LogP contribution < -0.4 is 20.1 Å². The van der Waals surface area contributed by atoms with Gasteiger partial charge in [0.15, 0.2) is 17.5 Å². The smallest absolute Gasteiger partial charge is 0.410 e. The predicted octanol–water partition coefficient (Wildman–Crippen LogP) is 2.70. The van der Waals surface area contributed by atoms with Crippen molar-refractivity contribution in [1.29, 1.82) is 0 Å². The molecule has 8 nitrogen and oxygen atoms in total. The highest BCUT2D eigenvalue weighted by atomic mass is 16.6. The zero-order chi connectivity index (χ0) is 19.9. The lowest BCUT2D eigenvalue weighted by Crippen LogP contribution is -2.40. The zero-order valence-corrected chi connectivity index (χ0v) is 16.8. The highest BCUT2D eigenvalue weighted by Crippen LogP contribution is 2.32. The molecule has 0 bridgehead atoms. The molecule has 27 heavy (non-hydrogen) atoms. The SMILES string of the molecule is CN=C(NCCN(C)C(=O)OC(C)(C)C)Nc1ccc2c(c1)OCCCO2. The van der Waals surface area contributed by atoms with E-state index in [1.165, 1.54) is 4.90 Å². The van der Waals surface area contributed by atoms with Crippen molar-refractivity contribution in [1.82, 2.24) is 10.2 Å². The summed E-state index contributed by atoms with van der Waals surface area (Å²) in [6, 6.07) is 5.68. The number of amides is 1. The standard InChI is InChI=1S/C19H30N4O4/c1-19(2,3)27-18(24)23(5)10-9-21-17(20-4)22-14-7-8-15-16(13-14)26-12-6-11-25-15/h7-8,13H,6,9-12H2,1-5H3,(H2,20,21,22). The first-order valence-electron chi connectivity index (χ1n) is 9.10. The van der Waals surface area contributed by atoms with Gasteiger partial charge in [0, 0.05) is 45.4 Å². The van der Waals surface area contributed by atoms with Gasteiger partial charge in [0.2, 0.25) is 0 Å². The van der Waals surface area contributed by atoms with Gasteiger partial charge in [0.1, 0.15) is 5.60 Å². The molecule has 0 unspecified atom stereocenters. The summed E-state index contributed by atoms with van der Waals surface area (Å²) < 4.78 is 16.7. The molecule has 0 fully saturated rings. The lowest BCUT2D eigenvalue weighted by molar-refractivity contribution is 0.0302. The van der Waals surface area contributed by atoms with Crippen LogP contribution in [0.3, 0.4) is 0 Å². The fraction of sp³-hybridized carbons (Fsp3) is 0.579. The Morgan fingerprint density at radius 3 is 2.63 bits per heavy atom. The number of rotatable bonds is 4. The molecule has 1 heterocycles. The average Bonchev–Trinajstić information content (AvgIpc) is 2.84. The Hall–Kier alpha value is -2.64. The summed E-state index contributed by atoms with van der Waals surface area (Å²) in [6.45, 7) is 7.85. The first-order valence-corrected chi connectivity index (χ1v) is 9.10. The van der Waals surface area contributed by atoms with Crippen molar-refractivity contribution in [3.8, 4) is 11.5 Å². The van der Waals surface area contributed by atoms with E-state index in [9.17, 15) is 4.79 Å². The number of likely N-dealkylation sites (N-methyl/N-ethyl adjacent to an activating group) is 1. The Balaban J connectivity index is 1.84. The van der Waals surface area contributed by atoms with E-state index in [1.807, 2.05) is 39.0 Å². The van der Waals surface area contributed by atoms with Gasteiger partial charge in [-0.05, 0) is 32.9 Å². The summed E-state index contributed by atoms with van der Waals surface area (Å²) in [4.78, 5) is 17.7. The Morgan fingerprint density at radius 1 is 1.26 bits per heavy atom. The number of carbonyl (C=O) groups is 1. The number of nitrogens with one attached hydrogen (secondary N) is 2. The average molecular weight is 378 g/mol. The topological polar surface area (TPSA) is 84.4 Å². The second kappa shape index (κ2) is 9.34. The van der Waals surface area contributed by atoms with E-state index in [-0.39, 0.29) is 6.09 Å². The summed E-state index contributed by atoms with van der Waals surface area (Å²) in [6.07, 6.45) is 0.515. The lowest BCUT2D eigenvalue weighted by atomic mass is 10.2. The first kappa shape index (κ1) is 20.7. The molecule has 0 saturated heterocycles. The molecule has 0 aliphatic carbocycles. The molecule has 0 atom stereocenters. The van der Waals surface area contributed by atoms with E-state index < -0.39 is 5.60 Å². The molecule has 0 spiro atoms. The van der Waals surface area contributed by atoms with Crippen molar-refractivity contribution in [2.24, 2.45) is 4.99 Å². The van der Waals surface area contributed by atoms with Gasteiger partial charge in [-0.2, -0.15) is 0 Å². The number of hydrogen-bond acceptors (Lipinski definition) is 5. The maximum absolute atomic E-state index is 12.0. The Morgan fingerprint density at radius 2 is 1.96 bits per heavy atom. The van der Waals surface area contributed by atoms with Crippen LogP contribution in [-0.4, -0.2) is 63.0 Å². The summed E-state index contributed by atoms with van der Waals surface area (Å²) in [5.41, 5.74) is 0.334. The van der Waals surface area contributed by atoms with E-state index in [0.717, 1.165) is 23.6 Å². The number of nitrogens with zero attached hydrogens (tertiary/aromatic N) is 2. The minimum Gasteiger partial charge on any atom is -0.490 e.